The number of fused-ring (bicyclic) bond motifs is 1. The molecule has 76 valence electrons. The molecule has 0 unspecified atom stereocenters. The monoisotopic (exact) mass is 248 g/mol. The van der Waals surface area contributed by atoms with Crippen molar-refractivity contribution in [3.8, 4) is 0 Å². The SMILES string of the molecule is O=S(=O)(Cl)c1cccc2c1SCCC2. The Morgan fingerprint density at radius 1 is 1.36 bits per heavy atom. The summed E-state index contributed by atoms with van der Waals surface area (Å²) >= 11 is 1.58. The van der Waals surface area contributed by atoms with Crippen molar-refractivity contribution in [2.75, 3.05) is 5.75 Å². The topological polar surface area (TPSA) is 34.1 Å². The van der Waals surface area contributed by atoms with Crippen molar-refractivity contribution >= 4 is 31.5 Å². The van der Waals surface area contributed by atoms with Gasteiger partial charge in [-0.3, -0.25) is 0 Å². The van der Waals surface area contributed by atoms with E-state index in [0.29, 0.717) is 0 Å². The number of thioether (sulfide) groups is 1. The molecular formula is C9H9ClO2S2. The Balaban J connectivity index is 2.62. The molecule has 1 aromatic carbocycles. The molecule has 0 N–H and O–H groups in total. The number of halogens is 1. The molecule has 0 saturated carbocycles. The smallest absolute Gasteiger partial charge is 0.207 e. The van der Waals surface area contributed by atoms with Gasteiger partial charge in [-0.15, -0.1) is 11.8 Å². The number of benzene rings is 1. The van der Waals surface area contributed by atoms with Gasteiger partial charge >= 0.3 is 0 Å². The van der Waals surface area contributed by atoms with E-state index in [1.165, 1.54) is 0 Å². The maximum absolute atomic E-state index is 11.3. The zero-order valence-corrected chi connectivity index (χ0v) is 9.75. The van der Waals surface area contributed by atoms with Crippen LogP contribution in [0.5, 0.6) is 0 Å². The Hall–Kier alpha value is -0.190. The summed E-state index contributed by atoms with van der Waals surface area (Å²) in [6.45, 7) is 0. The average molecular weight is 249 g/mol. The minimum Gasteiger partial charge on any atom is -0.207 e. The Morgan fingerprint density at radius 2 is 2.14 bits per heavy atom. The van der Waals surface area contributed by atoms with Crippen LogP contribution >= 0.6 is 22.4 Å². The van der Waals surface area contributed by atoms with Crippen molar-refractivity contribution < 1.29 is 8.42 Å². The second kappa shape index (κ2) is 3.76. The highest BCUT2D eigenvalue weighted by molar-refractivity contribution is 8.14. The second-order valence-corrected chi connectivity index (χ2v) is 6.77. The van der Waals surface area contributed by atoms with Crippen molar-refractivity contribution in [1.29, 1.82) is 0 Å². The van der Waals surface area contributed by atoms with Crippen molar-refractivity contribution in [2.45, 2.75) is 22.6 Å². The third kappa shape index (κ3) is 1.92. The number of hydrogen-bond donors (Lipinski definition) is 0. The molecule has 0 bridgehead atoms. The first kappa shape index (κ1) is 10.3. The van der Waals surface area contributed by atoms with E-state index in [-0.39, 0.29) is 4.90 Å². The Labute approximate surface area is 92.1 Å². The Bertz CT molecular complexity index is 454. The van der Waals surface area contributed by atoms with Crippen LogP contribution in [0.3, 0.4) is 0 Å². The summed E-state index contributed by atoms with van der Waals surface area (Å²) in [6.07, 6.45) is 2.05. The summed E-state index contributed by atoms with van der Waals surface area (Å²) in [6, 6.07) is 5.28. The van der Waals surface area contributed by atoms with Gasteiger partial charge in [0.25, 0.3) is 9.05 Å². The molecule has 0 amide bonds. The quantitative estimate of drug-likeness (QED) is 0.717. The maximum Gasteiger partial charge on any atom is 0.262 e. The molecule has 2 nitrogen and oxygen atoms in total. The fraction of sp³-hybridized carbons (Fsp3) is 0.333. The molecule has 0 aliphatic carbocycles. The fourth-order valence-electron chi connectivity index (χ4n) is 1.55. The molecule has 0 atom stereocenters. The first-order valence-electron chi connectivity index (χ1n) is 4.28. The first-order valence-corrected chi connectivity index (χ1v) is 7.58. The molecule has 1 heterocycles. The van der Waals surface area contributed by atoms with Crippen LogP contribution in [0.4, 0.5) is 0 Å². The molecule has 1 aliphatic rings. The van der Waals surface area contributed by atoms with E-state index in [1.807, 2.05) is 6.07 Å². The van der Waals surface area contributed by atoms with Crippen LogP contribution in [0.1, 0.15) is 12.0 Å². The summed E-state index contributed by atoms with van der Waals surface area (Å²) in [7, 11) is 1.76. The van der Waals surface area contributed by atoms with Crippen molar-refractivity contribution in [2.24, 2.45) is 0 Å². The van der Waals surface area contributed by atoms with Crippen LogP contribution < -0.4 is 0 Å². The van der Waals surface area contributed by atoms with Crippen molar-refractivity contribution in [1.82, 2.24) is 0 Å². The van der Waals surface area contributed by atoms with Crippen LogP contribution in [-0.2, 0) is 15.5 Å². The van der Waals surface area contributed by atoms with Gasteiger partial charge in [0.05, 0.1) is 4.90 Å². The van der Waals surface area contributed by atoms with Crippen LogP contribution in [0.2, 0.25) is 0 Å². The van der Waals surface area contributed by atoms with Crippen LogP contribution in [0, 0.1) is 0 Å². The van der Waals surface area contributed by atoms with Gasteiger partial charge in [0, 0.05) is 15.6 Å². The first-order chi connectivity index (χ1) is 6.59. The normalized spacial score (nSPS) is 16.4. The van der Waals surface area contributed by atoms with Crippen molar-refractivity contribution in [3.63, 3.8) is 0 Å². The minimum absolute atomic E-state index is 0.265. The summed E-state index contributed by atoms with van der Waals surface area (Å²) < 4.78 is 22.5. The van der Waals surface area contributed by atoms with Gasteiger partial charge in [0.1, 0.15) is 0 Å². The molecule has 5 heteroatoms. The molecule has 2 rings (SSSR count). The lowest BCUT2D eigenvalue weighted by Crippen LogP contribution is -2.03. The highest BCUT2D eigenvalue weighted by atomic mass is 35.7. The highest BCUT2D eigenvalue weighted by Gasteiger charge is 2.20. The lowest BCUT2D eigenvalue weighted by Gasteiger charge is -2.16. The summed E-state index contributed by atoms with van der Waals surface area (Å²) in [5.41, 5.74) is 1.10. The van der Waals surface area contributed by atoms with E-state index in [4.69, 9.17) is 10.7 Å². The average Bonchev–Trinajstić information content (AvgIpc) is 2.15. The molecule has 0 fully saturated rings. The third-order valence-electron chi connectivity index (χ3n) is 2.16. The Morgan fingerprint density at radius 3 is 2.86 bits per heavy atom. The zero-order chi connectivity index (χ0) is 10.2. The van der Waals surface area contributed by atoms with E-state index in [0.717, 1.165) is 29.1 Å². The Kier molecular flexibility index (Phi) is 2.77. The minimum atomic E-state index is -3.59. The second-order valence-electron chi connectivity index (χ2n) is 3.13. The van der Waals surface area contributed by atoms with Crippen molar-refractivity contribution in [3.05, 3.63) is 23.8 Å². The molecule has 0 radical (unpaired) electrons. The number of rotatable bonds is 1. The van der Waals surface area contributed by atoms with Gasteiger partial charge in [-0.2, -0.15) is 0 Å². The van der Waals surface area contributed by atoms with Crippen LogP contribution in [0.25, 0.3) is 0 Å². The standard InChI is InChI=1S/C9H9ClO2S2/c10-14(11,12)8-5-1-3-7-4-2-6-13-9(7)8/h1,3,5H,2,4,6H2. The van der Waals surface area contributed by atoms with Gasteiger partial charge in [0.15, 0.2) is 0 Å². The van der Waals surface area contributed by atoms with E-state index >= 15 is 0 Å². The molecular weight excluding hydrogens is 240 g/mol. The van der Waals surface area contributed by atoms with Gasteiger partial charge in [0.2, 0.25) is 0 Å². The molecule has 1 aliphatic heterocycles. The van der Waals surface area contributed by atoms with E-state index in [2.05, 4.69) is 0 Å². The van der Waals surface area contributed by atoms with E-state index in [9.17, 15) is 8.42 Å². The summed E-state index contributed by atoms with van der Waals surface area (Å²) in [5.74, 6) is 0.969. The molecule has 0 saturated heterocycles. The fourth-order valence-corrected chi connectivity index (χ4v) is 4.23. The molecule has 0 spiro atoms. The lowest BCUT2D eigenvalue weighted by molar-refractivity contribution is 0.607. The van der Waals surface area contributed by atoms with E-state index in [1.54, 1.807) is 23.9 Å². The van der Waals surface area contributed by atoms with E-state index < -0.39 is 9.05 Å². The zero-order valence-electron chi connectivity index (χ0n) is 7.36. The molecule has 0 aromatic heterocycles. The number of hydrogen-bond acceptors (Lipinski definition) is 3. The predicted octanol–water partition coefficient (Wildman–Crippen LogP) is 2.65. The van der Waals surface area contributed by atoms with Gasteiger partial charge in [-0.1, -0.05) is 12.1 Å². The molecule has 1 aromatic rings. The van der Waals surface area contributed by atoms with Gasteiger partial charge in [-0.05, 0) is 30.2 Å². The van der Waals surface area contributed by atoms with Crippen LogP contribution in [-0.4, -0.2) is 14.2 Å². The van der Waals surface area contributed by atoms with Crippen LogP contribution in [0.15, 0.2) is 28.0 Å². The third-order valence-corrected chi connectivity index (χ3v) is 4.92. The lowest BCUT2D eigenvalue weighted by atomic mass is 10.1. The summed E-state index contributed by atoms with van der Waals surface area (Å²) in [5, 5.41) is 0. The largest absolute Gasteiger partial charge is 0.262 e. The number of aryl methyl sites for hydroxylation is 1. The maximum atomic E-state index is 11.3. The highest BCUT2D eigenvalue weighted by Crippen LogP contribution is 2.36. The van der Waals surface area contributed by atoms with Gasteiger partial charge in [-0.25, -0.2) is 8.42 Å². The molecule has 14 heavy (non-hydrogen) atoms. The predicted molar refractivity (Wildman–Crippen MR) is 58.5 cm³/mol. The van der Waals surface area contributed by atoms with Gasteiger partial charge < -0.3 is 0 Å². The summed E-state index contributed by atoms with van der Waals surface area (Å²) in [4.78, 5) is 1.11.